The first kappa shape index (κ1) is 27.5. The second kappa shape index (κ2) is 10.9. The van der Waals surface area contributed by atoms with Crippen molar-refractivity contribution in [2.45, 2.75) is 83.5 Å². The maximum atomic E-state index is 14.0. The Balaban J connectivity index is 1.89. The van der Waals surface area contributed by atoms with Crippen molar-refractivity contribution < 1.29 is 19.2 Å². The average Bonchev–Trinajstić information content (AvgIpc) is 2.76. The van der Waals surface area contributed by atoms with Crippen molar-refractivity contribution >= 4 is 35.2 Å². The summed E-state index contributed by atoms with van der Waals surface area (Å²) in [7, 11) is 0. The van der Waals surface area contributed by atoms with Gasteiger partial charge in [0.15, 0.2) is 0 Å². The Morgan fingerprint density at radius 2 is 1.97 bits per heavy atom. The fourth-order valence-corrected chi connectivity index (χ4v) is 5.73. The number of nitrogens with zero attached hydrogens (tertiary/aromatic N) is 3. The normalized spacial score (nSPS) is 21.2. The van der Waals surface area contributed by atoms with Crippen LogP contribution in [0, 0.1) is 12.3 Å². The molecule has 2 aliphatic rings. The number of hydrogen-bond acceptors (Lipinski definition) is 7. The predicted molar refractivity (Wildman–Crippen MR) is 139 cm³/mol. The molecule has 0 bridgehead atoms. The molecule has 2 atom stereocenters. The molecule has 3 rings (SSSR count). The summed E-state index contributed by atoms with van der Waals surface area (Å²) >= 11 is 1.52. The van der Waals surface area contributed by atoms with Crippen LogP contribution >= 0.6 is 11.8 Å². The van der Waals surface area contributed by atoms with E-state index in [1.807, 2.05) is 65.5 Å². The molecule has 0 saturated carbocycles. The van der Waals surface area contributed by atoms with Gasteiger partial charge in [-0.25, -0.2) is 4.79 Å². The van der Waals surface area contributed by atoms with Crippen LogP contribution < -0.4 is 10.6 Å². The Morgan fingerprint density at radius 1 is 1.29 bits per heavy atom. The highest BCUT2D eigenvalue weighted by atomic mass is 32.2. The van der Waals surface area contributed by atoms with Crippen LogP contribution in [0.25, 0.3) is 0 Å². The fourth-order valence-electron chi connectivity index (χ4n) is 4.59. The van der Waals surface area contributed by atoms with Gasteiger partial charge in [0.25, 0.3) is 5.91 Å². The summed E-state index contributed by atoms with van der Waals surface area (Å²) < 4.78 is 0. The first-order valence-electron chi connectivity index (χ1n) is 12.5. The van der Waals surface area contributed by atoms with Crippen molar-refractivity contribution in [2.75, 3.05) is 31.1 Å². The summed E-state index contributed by atoms with van der Waals surface area (Å²) in [4.78, 5) is 49.5. The summed E-state index contributed by atoms with van der Waals surface area (Å²) in [5.74, 6) is -0.333. The van der Waals surface area contributed by atoms with E-state index in [2.05, 4.69) is 0 Å². The van der Waals surface area contributed by atoms with Crippen LogP contribution in [-0.4, -0.2) is 71.3 Å². The van der Waals surface area contributed by atoms with Crippen molar-refractivity contribution in [3.8, 4) is 0 Å². The number of piperidine rings is 1. The van der Waals surface area contributed by atoms with E-state index >= 15 is 0 Å². The summed E-state index contributed by atoms with van der Waals surface area (Å²) in [6.45, 7) is 15.2. The van der Waals surface area contributed by atoms with Crippen molar-refractivity contribution in [1.82, 2.24) is 9.96 Å². The number of amides is 2. The Hall–Kier alpha value is -2.10. The molecule has 1 aromatic rings. The van der Waals surface area contributed by atoms with Gasteiger partial charge in [0, 0.05) is 42.2 Å². The lowest BCUT2D eigenvalue weighted by atomic mass is 9.97. The molecule has 1 fully saturated rings. The highest BCUT2D eigenvalue weighted by molar-refractivity contribution is 8.01. The van der Waals surface area contributed by atoms with Gasteiger partial charge in [-0.1, -0.05) is 0 Å². The quantitative estimate of drug-likeness (QED) is 0.632. The van der Waals surface area contributed by atoms with Gasteiger partial charge in [0.05, 0.1) is 22.9 Å². The second-order valence-corrected chi connectivity index (χ2v) is 12.2. The fraction of sp³-hybridized carbons (Fsp3) is 0.654. The topological polar surface area (TPSA) is 96.2 Å². The van der Waals surface area contributed by atoms with Gasteiger partial charge >= 0.3 is 5.97 Å². The number of hydroxylamine groups is 2. The smallest absolute Gasteiger partial charge is 0.330 e. The molecular weight excluding hydrogens is 464 g/mol. The summed E-state index contributed by atoms with van der Waals surface area (Å²) in [6.07, 6.45) is 1.66. The van der Waals surface area contributed by atoms with Gasteiger partial charge in [-0.15, -0.1) is 16.8 Å². The molecule has 0 aliphatic carbocycles. The molecular formula is C26H40N4O4S. The van der Waals surface area contributed by atoms with Gasteiger partial charge in [0.2, 0.25) is 5.91 Å². The summed E-state index contributed by atoms with van der Waals surface area (Å²) in [5, 5.41) is 1.51. The van der Waals surface area contributed by atoms with Crippen molar-refractivity contribution in [1.29, 1.82) is 0 Å². The Bertz CT molecular complexity index is 975. The van der Waals surface area contributed by atoms with Crippen LogP contribution in [0.5, 0.6) is 0 Å². The summed E-state index contributed by atoms with van der Waals surface area (Å²) in [5.41, 5.74) is 7.43. The van der Waals surface area contributed by atoms with E-state index in [9.17, 15) is 14.4 Å². The molecule has 2 aliphatic heterocycles. The zero-order valence-electron chi connectivity index (χ0n) is 22.1. The number of nitrogens with two attached hydrogens (primary N) is 1. The molecule has 0 aromatic heterocycles. The van der Waals surface area contributed by atoms with Gasteiger partial charge in [-0.3, -0.25) is 9.59 Å². The SMILES string of the molecule is Cc1cc2c(cc1C(=O)N(C(C)C)C1CCCN(OC(=O)C(C)(C)C)C1)N(CCN)C(=O)C(C)S2. The van der Waals surface area contributed by atoms with Crippen LogP contribution in [0.15, 0.2) is 17.0 Å². The molecule has 8 nitrogen and oxygen atoms in total. The highest BCUT2D eigenvalue weighted by Gasteiger charge is 2.36. The molecule has 194 valence electrons. The third kappa shape index (κ3) is 6.01. The number of carbonyl (C=O) groups excluding carboxylic acids is 3. The molecule has 0 spiro atoms. The lowest BCUT2D eigenvalue weighted by molar-refractivity contribution is -0.208. The molecule has 2 unspecified atom stereocenters. The zero-order chi connectivity index (χ0) is 26.1. The number of hydrogen-bond donors (Lipinski definition) is 1. The standard InChI is InChI=1S/C26H40N4O4S/c1-16(2)30(19-9-8-11-28(15-19)34-25(33)26(5,6)7)24(32)20-14-21-22(13-17(20)3)35-18(4)23(31)29(21)12-10-27/h13-14,16,18-19H,8-12,15,27H2,1-7H3. The molecule has 9 heteroatoms. The van der Waals surface area contributed by atoms with Gasteiger partial charge in [0.1, 0.15) is 0 Å². The molecule has 2 heterocycles. The van der Waals surface area contributed by atoms with E-state index < -0.39 is 5.41 Å². The van der Waals surface area contributed by atoms with Crippen LogP contribution in [-0.2, 0) is 14.4 Å². The van der Waals surface area contributed by atoms with Crippen molar-refractivity contribution in [2.24, 2.45) is 11.1 Å². The Kier molecular flexibility index (Phi) is 8.55. The monoisotopic (exact) mass is 504 g/mol. The van der Waals surface area contributed by atoms with Gasteiger partial charge in [-0.2, -0.15) is 0 Å². The Labute approximate surface area is 213 Å². The first-order chi connectivity index (χ1) is 16.3. The number of rotatable bonds is 6. The maximum Gasteiger partial charge on any atom is 0.330 e. The molecule has 1 saturated heterocycles. The Morgan fingerprint density at radius 3 is 2.57 bits per heavy atom. The number of aryl methyl sites for hydroxylation is 1. The minimum absolute atomic E-state index is 0.0134. The van der Waals surface area contributed by atoms with Crippen LogP contribution in [0.2, 0.25) is 0 Å². The third-order valence-corrected chi connectivity index (χ3v) is 7.60. The van der Waals surface area contributed by atoms with Gasteiger partial charge in [-0.05, 0) is 79.0 Å². The lowest BCUT2D eigenvalue weighted by Gasteiger charge is -2.41. The van der Waals surface area contributed by atoms with E-state index in [-0.39, 0.29) is 35.1 Å². The molecule has 2 N–H and O–H groups in total. The predicted octanol–water partition coefficient (Wildman–Crippen LogP) is 3.60. The number of anilines is 1. The van der Waals surface area contributed by atoms with E-state index in [1.54, 1.807) is 9.96 Å². The van der Waals surface area contributed by atoms with E-state index in [1.165, 1.54) is 11.8 Å². The van der Waals surface area contributed by atoms with Crippen molar-refractivity contribution in [3.63, 3.8) is 0 Å². The summed E-state index contributed by atoms with van der Waals surface area (Å²) in [6, 6.07) is 3.74. The third-order valence-electron chi connectivity index (χ3n) is 6.47. The number of thioether (sulfide) groups is 1. The van der Waals surface area contributed by atoms with Gasteiger partial charge < -0.3 is 20.4 Å². The highest BCUT2D eigenvalue weighted by Crippen LogP contribution is 2.41. The molecule has 35 heavy (non-hydrogen) atoms. The van der Waals surface area contributed by atoms with Crippen molar-refractivity contribution in [3.05, 3.63) is 23.3 Å². The largest absolute Gasteiger partial charge is 0.367 e. The molecule has 2 amide bonds. The lowest BCUT2D eigenvalue weighted by Crippen LogP contribution is -2.53. The molecule has 1 aromatic carbocycles. The van der Waals surface area contributed by atoms with E-state index in [0.29, 0.717) is 31.7 Å². The van der Waals surface area contributed by atoms with E-state index in [4.69, 9.17) is 10.6 Å². The number of carbonyl (C=O) groups is 3. The number of fused-ring (bicyclic) bond motifs is 1. The first-order valence-corrected chi connectivity index (χ1v) is 13.4. The zero-order valence-corrected chi connectivity index (χ0v) is 22.9. The minimum Gasteiger partial charge on any atom is -0.367 e. The maximum absolute atomic E-state index is 14.0. The second-order valence-electron chi connectivity index (χ2n) is 10.8. The van der Waals surface area contributed by atoms with E-state index in [0.717, 1.165) is 29.0 Å². The van der Waals surface area contributed by atoms with Crippen LogP contribution in [0.3, 0.4) is 0 Å². The van der Waals surface area contributed by atoms with Crippen LogP contribution in [0.1, 0.15) is 70.3 Å². The number of benzene rings is 1. The minimum atomic E-state index is -0.594. The average molecular weight is 505 g/mol. The van der Waals surface area contributed by atoms with Crippen LogP contribution in [0.4, 0.5) is 5.69 Å². The molecule has 0 radical (unpaired) electrons.